The molecular weight excluding hydrogens is 196 g/mol. The molecule has 0 aromatic carbocycles. The van der Waals surface area contributed by atoms with Crippen LogP contribution in [0.3, 0.4) is 0 Å². The van der Waals surface area contributed by atoms with Crippen LogP contribution in [0.15, 0.2) is 0 Å². The predicted molar refractivity (Wildman–Crippen MR) is 54.9 cm³/mol. The lowest BCUT2D eigenvalue weighted by Gasteiger charge is -2.18. The molecular formula is C10H18N2O3. The van der Waals surface area contributed by atoms with Crippen molar-refractivity contribution in [3.63, 3.8) is 0 Å². The maximum atomic E-state index is 11.2. The highest BCUT2D eigenvalue weighted by Crippen LogP contribution is 2.18. The number of carbonyl (C=O) groups excluding carboxylic acids is 2. The number of amides is 1. The number of hydrogen-bond acceptors (Lipinski definition) is 4. The molecule has 0 radical (unpaired) electrons. The van der Waals surface area contributed by atoms with Crippen LogP contribution in [-0.4, -0.2) is 43.5 Å². The first kappa shape index (κ1) is 12.0. The quantitative estimate of drug-likeness (QED) is 0.646. The Kier molecular flexibility index (Phi) is 4.08. The predicted octanol–water partition coefficient (Wildman–Crippen LogP) is -0.397. The number of methoxy groups -OCH3 is 1. The van der Waals surface area contributed by atoms with Gasteiger partial charge in [0.25, 0.3) is 0 Å². The van der Waals surface area contributed by atoms with Gasteiger partial charge in [-0.05, 0) is 13.0 Å². The van der Waals surface area contributed by atoms with E-state index in [9.17, 15) is 9.59 Å². The van der Waals surface area contributed by atoms with Crippen LogP contribution in [0.5, 0.6) is 0 Å². The molecule has 0 aromatic rings. The van der Waals surface area contributed by atoms with Gasteiger partial charge in [0, 0.05) is 19.0 Å². The molecule has 2 unspecified atom stereocenters. The maximum absolute atomic E-state index is 11.2. The van der Waals surface area contributed by atoms with E-state index in [1.807, 2.05) is 0 Å². The minimum Gasteiger partial charge on any atom is -0.469 e. The fourth-order valence-corrected chi connectivity index (χ4v) is 1.83. The first-order valence-corrected chi connectivity index (χ1v) is 5.14. The van der Waals surface area contributed by atoms with E-state index >= 15 is 0 Å². The van der Waals surface area contributed by atoms with E-state index in [-0.39, 0.29) is 23.7 Å². The lowest BCUT2D eigenvalue weighted by atomic mass is 10.1. The highest BCUT2D eigenvalue weighted by Gasteiger charge is 2.30. The summed E-state index contributed by atoms with van der Waals surface area (Å²) >= 11 is 0. The molecule has 0 spiro atoms. The average Bonchev–Trinajstić information content (AvgIpc) is 2.65. The van der Waals surface area contributed by atoms with Crippen LogP contribution >= 0.6 is 0 Å². The number of nitrogens with two attached hydrogens (primary N) is 1. The molecule has 2 N–H and O–H groups in total. The number of primary amides is 1. The standard InChI is InChI=1S/C10H18N2O3/c1-7(9(11)13)5-12-4-3-8(6-12)10(14)15-2/h7-8H,3-6H2,1-2H3,(H2,11,13). The first-order chi connectivity index (χ1) is 7.04. The normalized spacial score (nSPS) is 23.7. The van der Waals surface area contributed by atoms with E-state index in [0.29, 0.717) is 13.1 Å². The van der Waals surface area contributed by atoms with Crippen LogP contribution in [0.1, 0.15) is 13.3 Å². The second-order valence-electron chi connectivity index (χ2n) is 4.07. The van der Waals surface area contributed by atoms with Crippen molar-refractivity contribution in [1.82, 2.24) is 4.90 Å². The molecule has 2 atom stereocenters. The van der Waals surface area contributed by atoms with E-state index in [1.54, 1.807) is 6.92 Å². The van der Waals surface area contributed by atoms with Gasteiger partial charge in [-0.1, -0.05) is 6.92 Å². The molecule has 1 fully saturated rings. The van der Waals surface area contributed by atoms with Gasteiger partial charge < -0.3 is 15.4 Å². The van der Waals surface area contributed by atoms with Crippen molar-refractivity contribution in [2.45, 2.75) is 13.3 Å². The molecule has 15 heavy (non-hydrogen) atoms. The van der Waals surface area contributed by atoms with Crippen molar-refractivity contribution in [3.05, 3.63) is 0 Å². The van der Waals surface area contributed by atoms with E-state index in [1.165, 1.54) is 7.11 Å². The zero-order valence-electron chi connectivity index (χ0n) is 9.23. The fraction of sp³-hybridized carbons (Fsp3) is 0.800. The number of rotatable bonds is 4. The lowest BCUT2D eigenvalue weighted by Crippen LogP contribution is -2.34. The van der Waals surface area contributed by atoms with Gasteiger partial charge >= 0.3 is 5.97 Å². The van der Waals surface area contributed by atoms with Gasteiger partial charge in [-0.2, -0.15) is 0 Å². The number of esters is 1. The molecule has 86 valence electrons. The molecule has 5 nitrogen and oxygen atoms in total. The molecule has 1 aliphatic rings. The van der Waals surface area contributed by atoms with Crippen molar-refractivity contribution in [2.24, 2.45) is 17.6 Å². The number of hydrogen-bond donors (Lipinski definition) is 1. The number of likely N-dealkylation sites (tertiary alicyclic amines) is 1. The maximum Gasteiger partial charge on any atom is 0.310 e. The second kappa shape index (κ2) is 5.11. The molecule has 1 rings (SSSR count). The van der Waals surface area contributed by atoms with E-state index < -0.39 is 0 Å². The number of carbonyl (C=O) groups is 2. The van der Waals surface area contributed by atoms with Gasteiger partial charge in [0.2, 0.25) is 5.91 Å². The summed E-state index contributed by atoms with van der Waals surface area (Å²) in [4.78, 5) is 24.2. The third kappa shape index (κ3) is 3.20. The Bertz CT molecular complexity index is 255. The van der Waals surface area contributed by atoms with Gasteiger partial charge in [-0.25, -0.2) is 0 Å². The summed E-state index contributed by atoms with van der Waals surface area (Å²) in [6.45, 7) is 3.93. The lowest BCUT2D eigenvalue weighted by molar-refractivity contribution is -0.144. The van der Waals surface area contributed by atoms with Crippen LogP contribution in [-0.2, 0) is 14.3 Å². The SMILES string of the molecule is COC(=O)C1CCN(CC(C)C(N)=O)C1. The van der Waals surface area contributed by atoms with Crippen LogP contribution in [0, 0.1) is 11.8 Å². The Morgan fingerprint density at radius 3 is 2.80 bits per heavy atom. The molecule has 1 saturated heterocycles. The molecule has 5 heteroatoms. The summed E-state index contributed by atoms with van der Waals surface area (Å²) < 4.78 is 4.68. The van der Waals surface area contributed by atoms with Crippen molar-refractivity contribution in [1.29, 1.82) is 0 Å². The van der Waals surface area contributed by atoms with Gasteiger partial charge in [0.05, 0.1) is 13.0 Å². The monoisotopic (exact) mass is 214 g/mol. The summed E-state index contributed by atoms with van der Waals surface area (Å²) in [7, 11) is 1.40. The molecule has 0 saturated carbocycles. The molecule has 1 heterocycles. The minimum absolute atomic E-state index is 0.0462. The highest BCUT2D eigenvalue weighted by molar-refractivity contribution is 5.76. The van der Waals surface area contributed by atoms with E-state index in [2.05, 4.69) is 9.64 Å². The summed E-state index contributed by atoms with van der Waals surface area (Å²) in [6, 6.07) is 0. The zero-order chi connectivity index (χ0) is 11.4. The van der Waals surface area contributed by atoms with E-state index in [0.717, 1.165) is 13.0 Å². The van der Waals surface area contributed by atoms with Crippen molar-refractivity contribution >= 4 is 11.9 Å². The number of nitrogens with zero attached hydrogens (tertiary/aromatic N) is 1. The number of ether oxygens (including phenoxy) is 1. The molecule has 0 bridgehead atoms. The Hall–Kier alpha value is -1.10. The third-order valence-electron chi connectivity index (χ3n) is 2.82. The van der Waals surface area contributed by atoms with Gasteiger partial charge in [0.1, 0.15) is 0 Å². The molecule has 0 aromatic heterocycles. The first-order valence-electron chi connectivity index (χ1n) is 5.14. The minimum atomic E-state index is -0.295. The summed E-state index contributed by atoms with van der Waals surface area (Å²) in [6.07, 6.45) is 0.804. The summed E-state index contributed by atoms with van der Waals surface area (Å²) in [5.41, 5.74) is 5.18. The average molecular weight is 214 g/mol. The summed E-state index contributed by atoms with van der Waals surface area (Å²) in [5.74, 6) is -0.669. The smallest absolute Gasteiger partial charge is 0.310 e. The largest absolute Gasteiger partial charge is 0.469 e. The highest BCUT2D eigenvalue weighted by atomic mass is 16.5. The third-order valence-corrected chi connectivity index (χ3v) is 2.82. The molecule has 1 aliphatic heterocycles. The van der Waals surface area contributed by atoms with Crippen molar-refractivity contribution in [2.75, 3.05) is 26.7 Å². The Balaban J connectivity index is 2.36. The fourth-order valence-electron chi connectivity index (χ4n) is 1.83. The summed E-state index contributed by atoms with van der Waals surface area (Å²) in [5, 5.41) is 0. The second-order valence-corrected chi connectivity index (χ2v) is 4.07. The Morgan fingerprint density at radius 1 is 1.60 bits per heavy atom. The molecule has 1 amide bonds. The topological polar surface area (TPSA) is 72.6 Å². The van der Waals surface area contributed by atoms with Gasteiger partial charge in [-0.3, -0.25) is 9.59 Å². The molecule has 0 aliphatic carbocycles. The van der Waals surface area contributed by atoms with Gasteiger partial charge in [0.15, 0.2) is 0 Å². The van der Waals surface area contributed by atoms with E-state index in [4.69, 9.17) is 5.73 Å². The van der Waals surface area contributed by atoms with Gasteiger partial charge in [-0.15, -0.1) is 0 Å². The van der Waals surface area contributed by atoms with Crippen LogP contribution in [0.4, 0.5) is 0 Å². The Morgan fingerprint density at radius 2 is 2.27 bits per heavy atom. The zero-order valence-corrected chi connectivity index (χ0v) is 9.23. The van der Waals surface area contributed by atoms with Crippen LogP contribution in [0.25, 0.3) is 0 Å². The van der Waals surface area contributed by atoms with Crippen molar-refractivity contribution in [3.8, 4) is 0 Å². The van der Waals surface area contributed by atoms with Crippen LogP contribution in [0.2, 0.25) is 0 Å². The Labute approximate surface area is 89.6 Å². The van der Waals surface area contributed by atoms with Crippen LogP contribution < -0.4 is 5.73 Å². The van der Waals surface area contributed by atoms with Crippen molar-refractivity contribution < 1.29 is 14.3 Å².